The molecule has 0 unspecified atom stereocenters. The van der Waals surface area contributed by atoms with Crippen molar-refractivity contribution in [2.75, 3.05) is 18.4 Å². The van der Waals surface area contributed by atoms with Crippen molar-refractivity contribution in [1.29, 1.82) is 0 Å². The van der Waals surface area contributed by atoms with Crippen LogP contribution in [0.4, 0.5) is 10.8 Å². The Bertz CT molecular complexity index is 1320. The molecule has 1 aromatic heterocycles. The number of aromatic nitrogens is 1. The minimum absolute atomic E-state index is 0.0739. The molecule has 0 bridgehead atoms. The lowest BCUT2D eigenvalue weighted by atomic mass is 10.1. The number of nitrogens with zero attached hydrogens (tertiary/aromatic N) is 4. The number of nitro groups is 1. The minimum atomic E-state index is -0.850. The number of nitrogens with one attached hydrogen (secondary N) is 1. The molecule has 172 valence electrons. The molecule has 0 aliphatic carbocycles. The quantitative estimate of drug-likeness (QED) is 0.329. The molecule has 3 amide bonds. The highest BCUT2D eigenvalue weighted by molar-refractivity contribution is 7.15. The molecule has 5 rings (SSSR count). The Labute approximate surface area is 198 Å². The van der Waals surface area contributed by atoms with Gasteiger partial charge in [0.25, 0.3) is 17.5 Å². The molecule has 0 spiro atoms. The van der Waals surface area contributed by atoms with Gasteiger partial charge in [0, 0.05) is 37.0 Å². The van der Waals surface area contributed by atoms with Gasteiger partial charge in [0.15, 0.2) is 5.13 Å². The molecular formula is C23H19N5O5S. The van der Waals surface area contributed by atoms with Crippen LogP contribution in [0.15, 0.2) is 48.5 Å². The van der Waals surface area contributed by atoms with Crippen molar-refractivity contribution in [3.63, 3.8) is 0 Å². The van der Waals surface area contributed by atoms with E-state index < -0.39 is 34.9 Å². The topological polar surface area (TPSA) is 126 Å². The number of imide groups is 1. The summed E-state index contributed by atoms with van der Waals surface area (Å²) in [7, 11) is 0. The average molecular weight is 478 g/mol. The Morgan fingerprint density at radius 1 is 1.12 bits per heavy atom. The third-order valence-corrected chi connectivity index (χ3v) is 6.78. The number of rotatable bonds is 6. The van der Waals surface area contributed by atoms with E-state index in [1.165, 1.54) is 29.0 Å². The Morgan fingerprint density at radius 3 is 2.68 bits per heavy atom. The first-order chi connectivity index (χ1) is 16.4. The number of nitro benzene ring substituents is 1. The first-order valence-electron chi connectivity index (χ1n) is 10.6. The van der Waals surface area contributed by atoms with Crippen LogP contribution in [0.3, 0.4) is 0 Å². The number of hydrogen-bond acceptors (Lipinski definition) is 8. The van der Waals surface area contributed by atoms with Crippen molar-refractivity contribution in [3.8, 4) is 0 Å². The highest BCUT2D eigenvalue weighted by Gasteiger charge is 2.41. The summed E-state index contributed by atoms with van der Waals surface area (Å²) in [4.78, 5) is 57.0. The van der Waals surface area contributed by atoms with E-state index in [1.54, 1.807) is 0 Å². The summed E-state index contributed by atoms with van der Waals surface area (Å²) in [5, 5.41) is 14.3. The summed E-state index contributed by atoms with van der Waals surface area (Å²) >= 11 is 1.37. The maximum Gasteiger partial charge on any atom is 0.282 e. The van der Waals surface area contributed by atoms with E-state index in [1.807, 2.05) is 18.2 Å². The normalized spacial score (nSPS) is 15.2. The molecule has 0 saturated carbocycles. The third kappa shape index (κ3) is 4.06. The van der Waals surface area contributed by atoms with Gasteiger partial charge in [0.05, 0.1) is 16.2 Å². The van der Waals surface area contributed by atoms with E-state index in [9.17, 15) is 24.5 Å². The molecule has 2 aliphatic rings. The molecule has 2 aliphatic heterocycles. The summed E-state index contributed by atoms with van der Waals surface area (Å²) in [6, 6.07) is 14.0. The lowest BCUT2D eigenvalue weighted by molar-refractivity contribution is -0.385. The van der Waals surface area contributed by atoms with Crippen molar-refractivity contribution in [3.05, 3.63) is 85.9 Å². The molecule has 0 radical (unpaired) electrons. The molecule has 11 heteroatoms. The fourth-order valence-corrected chi connectivity index (χ4v) is 5.26. The molecule has 34 heavy (non-hydrogen) atoms. The van der Waals surface area contributed by atoms with E-state index in [0.29, 0.717) is 5.13 Å². The van der Waals surface area contributed by atoms with E-state index in [0.717, 1.165) is 47.6 Å². The van der Waals surface area contributed by atoms with E-state index in [2.05, 4.69) is 27.3 Å². The van der Waals surface area contributed by atoms with E-state index in [4.69, 9.17) is 0 Å². The SMILES string of the molecule is O=C(CN1C(=O)c2cccc([N+](=O)[O-])c2C1=O)Nc1nc2c(s1)CN(Cc1ccccc1)CC2. The number of hydrogen-bond donors (Lipinski definition) is 1. The van der Waals surface area contributed by atoms with Gasteiger partial charge in [-0.1, -0.05) is 36.4 Å². The van der Waals surface area contributed by atoms with Gasteiger partial charge in [-0.25, -0.2) is 4.98 Å². The Morgan fingerprint density at radius 2 is 1.91 bits per heavy atom. The monoisotopic (exact) mass is 477 g/mol. The predicted molar refractivity (Wildman–Crippen MR) is 123 cm³/mol. The van der Waals surface area contributed by atoms with Crippen LogP contribution in [0, 0.1) is 10.1 Å². The van der Waals surface area contributed by atoms with Crippen LogP contribution in [0.25, 0.3) is 0 Å². The average Bonchev–Trinajstić information content (AvgIpc) is 3.32. The van der Waals surface area contributed by atoms with Gasteiger partial charge in [0.2, 0.25) is 5.91 Å². The molecule has 2 aromatic carbocycles. The number of anilines is 1. The fraction of sp³-hybridized carbons (Fsp3) is 0.217. The second-order valence-corrected chi connectivity index (χ2v) is 9.12. The summed E-state index contributed by atoms with van der Waals surface area (Å²) in [5.41, 5.74) is 1.35. The summed E-state index contributed by atoms with van der Waals surface area (Å²) < 4.78 is 0. The zero-order valence-electron chi connectivity index (χ0n) is 17.9. The zero-order chi connectivity index (χ0) is 23.8. The summed E-state index contributed by atoms with van der Waals surface area (Å²) in [6.45, 7) is 1.85. The number of carbonyl (C=O) groups excluding carboxylic acids is 3. The van der Waals surface area contributed by atoms with E-state index >= 15 is 0 Å². The van der Waals surface area contributed by atoms with Gasteiger partial charge in [-0.15, -0.1) is 11.3 Å². The maximum absolute atomic E-state index is 12.7. The smallest absolute Gasteiger partial charge is 0.282 e. The fourth-order valence-electron chi connectivity index (χ4n) is 4.19. The number of benzene rings is 2. The number of carbonyl (C=O) groups is 3. The Balaban J connectivity index is 1.24. The standard InChI is InChI=1S/C23H19N5O5S/c29-19(13-27-21(30)15-7-4-8-17(28(32)33)20(15)22(27)31)25-23-24-16-9-10-26(12-18(16)34-23)11-14-5-2-1-3-6-14/h1-8H,9-13H2,(H,24,25,29). The van der Waals surface area contributed by atoms with Gasteiger partial charge in [0.1, 0.15) is 12.1 Å². The Hall–Kier alpha value is -3.96. The van der Waals surface area contributed by atoms with Crippen molar-refractivity contribution in [2.24, 2.45) is 0 Å². The number of amides is 3. The van der Waals surface area contributed by atoms with Gasteiger partial charge in [-0.3, -0.25) is 34.3 Å². The van der Waals surface area contributed by atoms with Crippen LogP contribution < -0.4 is 5.32 Å². The van der Waals surface area contributed by atoms with Crippen LogP contribution in [0.5, 0.6) is 0 Å². The Kier molecular flexibility index (Phi) is 5.64. The molecule has 10 nitrogen and oxygen atoms in total. The lowest BCUT2D eigenvalue weighted by Crippen LogP contribution is -2.37. The van der Waals surface area contributed by atoms with Gasteiger partial charge >= 0.3 is 0 Å². The second kappa shape index (κ2) is 8.76. The lowest BCUT2D eigenvalue weighted by Gasteiger charge is -2.25. The third-order valence-electron chi connectivity index (χ3n) is 5.78. The summed E-state index contributed by atoms with van der Waals surface area (Å²) in [5.74, 6) is -2.17. The highest BCUT2D eigenvalue weighted by Crippen LogP contribution is 2.31. The number of thiazole rings is 1. The van der Waals surface area contributed by atoms with Crippen LogP contribution in [-0.2, 0) is 24.3 Å². The van der Waals surface area contributed by atoms with E-state index in [-0.39, 0.29) is 11.1 Å². The highest BCUT2D eigenvalue weighted by atomic mass is 32.1. The van der Waals surface area contributed by atoms with Gasteiger partial charge < -0.3 is 5.32 Å². The van der Waals surface area contributed by atoms with Crippen LogP contribution >= 0.6 is 11.3 Å². The van der Waals surface area contributed by atoms with Crippen molar-refractivity contribution in [2.45, 2.75) is 19.5 Å². The van der Waals surface area contributed by atoms with Crippen molar-refractivity contribution in [1.82, 2.24) is 14.8 Å². The van der Waals surface area contributed by atoms with Gasteiger partial charge in [-0.05, 0) is 11.6 Å². The molecule has 0 saturated heterocycles. The first-order valence-corrected chi connectivity index (χ1v) is 11.4. The van der Waals surface area contributed by atoms with Crippen molar-refractivity contribution >= 4 is 39.9 Å². The molecule has 3 heterocycles. The molecule has 0 atom stereocenters. The summed E-state index contributed by atoms with van der Waals surface area (Å²) in [6.07, 6.45) is 0.761. The number of fused-ring (bicyclic) bond motifs is 2. The minimum Gasteiger partial charge on any atom is -0.300 e. The molecule has 1 N–H and O–H groups in total. The zero-order valence-corrected chi connectivity index (χ0v) is 18.7. The maximum atomic E-state index is 12.7. The van der Waals surface area contributed by atoms with Crippen LogP contribution in [0.2, 0.25) is 0 Å². The molecule has 0 fully saturated rings. The van der Waals surface area contributed by atoms with Gasteiger partial charge in [-0.2, -0.15) is 0 Å². The van der Waals surface area contributed by atoms with Crippen LogP contribution in [-0.4, -0.2) is 50.5 Å². The predicted octanol–water partition coefficient (Wildman–Crippen LogP) is 2.84. The molecular weight excluding hydrogens is 458 g/mol. The second-order valence-electron chi connectivity index (χ2n) is 8.04. The molecule has 3 aromatic rings. The van der Waals surface area contributed by atoms with Crippen molar-refractivity contribution < 1.29 is 19.3 Å². The first kappa shape index (κ1) is 21.9. The largest absolute Gasteiger partial charge is 0.300 e. The van der Waals surface area contributed by atoms with Crippen LogP contribution in [0.1, 0.15) is 36.9 Å².